The molecule has 2 rings (SSSR count). The topological polar surface area (TPSA) is 75.4 Å². The Morgan fingerprint density at radius 3 is 2.35 bits per heavy atom. The van der Waals surface area contributed by atoms with E-state index in [1.165, 1.54) is 12.1 Å². The van der Waals surface area contributed by atoms with Crippen molar-refractivity contribution in [3.63, 3.8) is 0 Å². The molecule has 0 heterocycles. The Labute approximate surface area is 101 Å². The van der Waals surface area contributed by atoms with Crippen LogP contribution in [0.2, 0.25) is 0 Å². The van der Waals surface area contributed by atoms with Crippen molar-refractivity contribution in [1.29, 1.82) is 0 Å². The van der Waals surface area contributed by atoms with Gasteiger partial charge in [0.05, 0.1) is 0 Å². The van der Waals surface area contributed by atoms with E-state index in [2.05, 4.69) is 0 Å². The van der Waals surface area contributed by atoms with Crippen LogP contribution in [0.15, 0.2) is 53.4 Å². The van der Waals surface area contributed by atoms with Crippen LogP contribution < -0.4 is 10.5 Å². The molecule has 0 aliphatic rings. The second-order valence-corrected chi connectivity index (χ2v) is 4.32. The summed E-state index contributed by atoms with van der Waals surface area (Å²) in [4.78, 5) is 0.227. The second-order valence-electron chi connectivity index (χ2n) is 3.38. The van der Waals surface area contributed by atoms with E-state index < -0.39 is 11.1 Å². The Hall–Kier alpha value is -1.85. The molecule has 0 saturated heterocycles. The molecule has 17 heavy (non-hydrogen) atoms. The highest BCUT2D eigenvalue weighted by Crippen LogP contribution is 2.23. The van der Waals surface area contributed by atoms with Crippen molar-refractivity contribution in [1.82, 2.24) is 0 Å². The van der Waals surface area contributed by atoms with Gasteiger partial charge in [0.25, 0.3) is 0 Å². The fraction of sp³-hybridized carbons (Fsp3) is 0. The van der Waals surface area contributed by atoms with E-state index in [0.717, 1.165) is 0 Å². The normalized spacial score (nSPS) is 12.1. The SMILES string of the molecule is Nc1cccc(Oc2ccc(S(=O)[O-])cc2)c1. The predicted molar refractivity (Wildman–Crippen MR) is 64.6 cm³/mol. The van der Waals surface area contributed by atoms with E-state index in [1.807, 2.05) is 0 Å². The van der Waals surface area contributed by atoms with Crippen molar-refractivity contribution < 1.29 is 13.5 Å². The van der Waals surface area contributed by atoms with Crippen LogP contribution in [0.5, 0.6) is 11.5 Å². The lowest BCUT2D eigenvalue weighted by atomic mass is 10.3. The van der Waals surface area contributed by atoms with E-state index in [4.69, 9.17) is 10.5 Å². The van der Waals surface area contributed by atoms with Gasteiger partial charge in [-0.3, -0.25) is 4.21 Å². The van der Waals surface area contributed by atoms with Gasteiger partial charge in [0.2, 0.25) is 0 Å². The summed E-state index contributed by atoms with van der Waals surface area (Å²) in [5.74, 6) is 1.17. The summed E-state index contributed by atoms with van der Waals surface area (Å²) in [6, 6.07) is 13.1. The van der Waals surface area contributed by atoms with Gasteiger partial charge in [-0.25, -0.2) is 0 Å². The standard InChI is InChI=1S/C12H11NO3S/c13-9-2-1-3-11(8-9)16-10-4-6-12(7-5-10)17(14)15/h1-8H,13H2,(H,14,15)/p-1. The van der Waals surface area contributed by atoms with Gasteiger partial charge in [0.1, 0.15) is 11.5 Å². The highest BCUT2D eigenvalue weighted by atomic mass is 32.2. The van der Waals surface area contributed by atoms with Crippen molar-refractivity contribution >= 4 is 16.8 Å². The summed E-state index contributed by atoms with van der Waals surface area (Å²) in [7, 11) is 0. The van der Waals surface area contributed by atoms with Crippen molar-refractivity contribution in [2.75, 3.05) is 5.73 Å². The maximum atomic E-state index is 10.7. The first-order chi connectivity index (χ1) is 8.15. The van der Waals surface area contributed by atoms with E-state index in [0.29, 0.717) is 17.2 Å². The summed E-state index contributed by atoms with van der Waals surface area (Å²) in [5, 5.41) is 0. The van der Waals surface area contributed by atoms with Crippen LogP contribution in [-0.2, 0) is 11.1 Å². The van der Waals surface area contributed by atoms with Crippen LogP contribution in [0.25, 0.3) is 0 Å². The highest BCUT2D eigenvalue weighted by molar-refractivity contribution is 7.79. The Morgan fingerprint density at radius 1 is 1.06 bits per heavy atom. The van der Waals surface area contributed by atoms with Gasteiger partial charge in [0.15, 0.2) is 0 Å². The van der Waals surface area contributed by atoms with Crippen LogP contribution in [0.4, 0.5) is 5.69 Å². The summed E-state index contributed by atoms with van der Waals surface area (Å²) >= 11 is -2.21. The molecule has 2 aromatic rings. The highest BCUT2D eigenvalue weighted by Gasteiger charge is 1.98. The first-order valence-electron chi connectivity index (χ1n) is 4.88. The Morgan fingerprint density at radius 2 is 1.76 bits per heavy atom. The Balaban J connectivity index is 2.16. The molecular weight excluding hydrogens is 238 g/mol. The third-order valence-corrected chi connectivity index (χ3v) is 2.77. The number of rotatable bonds is 3. The Kier molecular flexibility index (Phi) is 3.41. The van der Waals surface area contributed by atoms with Gasteiger partial charge in [-0.05, 0) is 47.5 Å². The van der Waals surface area contributed by atoms with Crippen LogP contribution >= 0.6 is 0 Å². The molecule has 88 valence electrons. The minimum Gasteiger partial charge on any atom is -0.768 e. The number of hydrogen-bond acceptors (Lipinski definition) is 4. The monoisotopic (exact) mass is 248 g/mol. The molecule has 4 nitrogen and oxygen atoms in total. The van der Waals surface area contributed by atoms with E-state index in [1.54, 1.807) is 36.4 Å². The van der Waals surface area contributed by atoms with E-state index in [-0.39, 0.29) is 4.90 Å². The third kappa shape index (κ3) is 3.05. The van der Waals surface area contributed by atoms with Crippen molar-refractivity contribution in [2.45, 2.75) is 4.90 Å². The van der Waals surface area contributed by atoms with Gasteiger partial charge < -0.3 is 15.0 Å². The number of anilines is 1. The zero-order chi connectivity index (χ0) is 12.3. The van der Waals surface area contributed by atoms with Gasteiger partial charge in [-0.15, -0.1) is 0 Å². The quantitative estimate of drug-likeness (QED) is 0.668. The molecule has 1 atom stereocenters. The first-order valence-corrected chi connectivity index (χ1v) is 5.95. The van der Waals surface area contributed by atoms with Crippen LogP contribution in [0, 0.1) is 0 Å². The molecule has 5 heteroatoms. The number of ether oxygens (including phenoxy) is 1. The molecule has 2 N–H and O–H groups in total. The number of hydrogen-bond donors (Lipinski definition) is 1. The van der Waals surface area contributed by atoms with Crippen LogP contribution in [0.3, 0.4) is 0 Å². The molecule has 0 amide bonds. The molecule has 0 radical (unpaired) electrons. The summed E-state index contributed by atoms with van der Waals surface area (Å²) in [6.45, 7) is 0. The molecule has 0 aliphatic heterocycles. The predicted octanol–water partition coefficient (Wildman–Crippen LogP) is 2.30. The van der Waals surface area contributed by atoms with Crippen LogP contribution in [0.1, 0.15) is 0 Å². The van der Waals surface area contributed by atoms with Gasteiger partial charge >= 0.3 is 0 Å². The smallest absolute Gasteiger partial charge is 0.129 e. The lowest BCUT2D eigenvalue weighted by Gasteiger charge is -2.08. The number of benzene rings is 2. The number of nitrogens with two attached hydrogens (primary N) is 1. The first kappa shape index (κ1) is 11.6. The third-order valence-electron chi connectivity index (χ3n) is 2.11. The summed E-state index contributed by atoms with van der Waals surface area (Å²) in [5.41, 5.74) is 6.23. The zero-order valence-electron chi connectivity index (χ0n) is 8.83. The summed E-state index contributed by atoms with van der Waals surface area (Å²) in [6.07, 6.45) is 0. The van der Waals surface area contributed by atoms with E-state index in [9.17, 15) is 8.76 Å². The molecular formula is C12H10NO3S-. The maximum absolute atomic E-state index is 10.7. The second kappa shape index (κ2) is 4.99. The van der Waals surface area contributed by atoms with Gasteiger partial charge in [-0.1, -0.05) is 6.07 Å². The van der Waals surface area contributed by atoms with Crippen LogP contribution in [-0.4, -0.2) is 8.76 Å². The molecule has 2 aromatic carbocycles. The van der Waals surface area contributed by atoms with Gasteiger partial charge in [0, 0.05) is 16.6 Å². The molecule has 0 aliphatic carbocycles. The van der Waals surface area contributed by atoms with E-state index >= 15 is 0 Å². The molecule has 0 bridgehead atoms. The average Bonchev–Trinajstić information content (AvgIpc) is 2.29. The lowest BCUT2D eigenvalue weighted by Crippen LogP contribution is -1.90. The molecule has 0 fully saturated rings. The fourth-order valence-corrected chi connectivity index (χ4v) is 1.69. The largest absolute Gasteiger partial charge is 0.768 e. The fourth-order valence-electron chi connectivity index (χ4n) is 1.33. The Bertz CT molecular complexity index is 540. The lowest BCUT2D eigenvalue weighted by molar-refractivity contribution is 0.482. The molecule has 0 saturated carbocycles. The molecule has 0 aromatic heterocycles. The number of nitrogen functional groups attached to an aromatic ring is 1. The minimum absolute atomic E-state index is 0.227. The van der Waals surface area contributed by atoms with Gasteiger partial charge in [-0.2, -0.15) is 0 Å². The van der Waals surface area contributed by atoms with Crippen molar-refractivity contribution in [2.24, 2.45) is 0 Å². The van der Waals surface area contributed by atoms with Crippen molar-refractivity contribution in [3.05, 3.63) is 48.5 Å². The van der Waals surface area contributed by atoms with Crippen molar-refractivity contribution in [3.8, 4) is 11.5 Å². The zero-order valence-corrected chi connectivity index (χ0v) is 9.65. The maximum Gasteiger partial charge on any atom is 0.129 e. The minimum atomic E-state index is -2.21. The molecule has 0 spiro atoms. The molecule has 1 unspecified atom stereocenters. The average molecular weight is 248 g/mol. The summed E-state index contributed by atoms with van der Waals surface area (Å²) < 4.78 is 26.8.